The van der Waals surface area contributed by atoms with Crippen molar-refractivity contribution in [2.75, 3.05) is 34.4 Å². The topological polar surface area (TPSA) is 47.7 Å². The first kappa shape index (κ1) is 19.0. The second-order valence-electron chi connectivity index (χ2n) is 5.72. The van der Waals surface area contributed by atoms with Gasteiger partial charge in [0, 0.05) is 24.7 Å². The number of nitrogens with zero attached hydrogens (tertiary/aromatic N) is 1. The third-order valence-corrected chi connectivity index (χ3v) is 3.19. The minimum Gasteiger partial charge on any atom is -0.497 e. The molecule has 0 spiro atoms. The van der Waals surface area contributed by atoms with Gasteiger partial charge in [-0.3, -0.25) is 0 Å². The lowest BCUT2D eigenvalue weighted by atomic mass is 9.93. The van der Waals surface area contributed by atoms with E-state index in [0.29, 0.717) is 6.54 Å². The highest BCUT2D eigenvalue weighted by atomic mass is 35.5. The van der Waals surface area contributed by atoms with Crippen LogP contribution in [0.3, 0.4) is 0 Å². The molecule has 1 aromatic rings. The Balaban J connectivity index is 0.00000361. The molecule has 4 nitrogen and oxygen atoms in total. The van der Waals surface area contributed by atoms with Crippen LogP contribution in [0.15, 0.2) is 18.2 Å². The molecule has 0 heterocycles. The summed E-state index contributed by atoms with van der Waals surface area (Å²) < 4.78 is 10.6. The van der Waals surface area contributed by atoms with Gasteiger partial charge in [0.2, 0.25) is 0 Å². The van der Waals surface area contributed by atoms with Crippen molar-refractivity contribution in [1.82, 2.24) is 4.90 Å². The lowest BCUT2D eigenvalue weighted by molar-refractivity contribution is 0.208. The minimum absolute atomic E-state index is 0. The molecule has 2 N–H and O–H groups in total. The number of halogens is 1. The number of methoxy groups -OCH3 is 2. The van der Waals surface area contributed by atoms with Gasteiger partial charge in [-0.1, -0.05) is 19.9 Å². The number of rotatable bonds is 7. The summed E-state index contributed by atoms with van der Waals surface area (Å²) in [6.45, 7) is 6.80. The van der Waals surface area contributed by atoms with E-state index in [0.717, 1.165) is 30.2 Å². The van der Waals surface area contributed by atoms with E-state index in [2.05, 4.69) is 25.8 Å². The van der Waals surface area contributed by atoms with E-state index in [-0.39, 0.29) is 17.8 Å². The van der Waals surface area contributed by atoms with Crippen molar-refractivity contribution in [2.45, 2.75) is 20.4 Å². The normalized spacial score (nSPS) is 11.2. The summed E-state index contributed by atoms with van der Waals surface area (Å²) >= 11 is 0. The summed E-state index contributed by atoms with van der Waals surface area (Å²) in [5.74, 6) is 1.67. The van der Waals surface area contributed by atoms with Crippen molar-refractivity contribution < 1.29 is 9.47 Å². The summed E-state index contributed by atoms with van der Waals surface area (Å²) in [5, 5.41) is 0. The van der Waals surface area contributed by atoms with Crippen LogP contribution < -0.4 is 15.2 Å². The molecule has 0 radical (unpaired) electrons. The van der Waals surface area contributed by atoms with Gasteiger partial charge in [0.15, 0.2) is 0 Å². The van der Waals surface area contributed by atoms with Crippen LogP contribution in [-0.4, -0.2) is 39.3 Å². The molecular formula is C15H27ClN2O2. The average Bonchev–Trinajstić information content (AvgIpc) is 2.38. The number of hydrogen-bond acceptors (Lipinski definition) is 4. The van der Waals surface area contributed by atoms with Gasteiger partial charge in [0.1, 0.15) is 11.5 Å². The standard InChI is InChI=1S/C15H26N2O2.ClH/c1-15(2,10-16)11-17(3)9-12-6-7-13(18-4)8-14(12)19-5;/h6-8H,9-11,16H2,1-5H3;1H. The van der Waals surface area contributed by atoms with Crippen LogP contribution in [-0.2, 0) is 6.54 Å². The minimum atomic E-state index is 0. The Kier molecular flexibility index (Phi) is 7.94. The molecule has 0 saturated heterocycles. The fourth-order valence-corrected chi connectivity index (χ4v) is 2.12. The van der Waals surface area contributed by atoms with Crippen molar-refractivity contribution in [3.63, 3.8) is 0 Å². The molecule has 5 heteroatoms. The highest BCUT2D eigenvalue weighted by Crippen LogP contribution is 2.26. The van der Waals surface area contributed by atoms with E-state index < -0.39 is 0 Å². The van der Waals surface area contributed by atoms with Gasteiger partial charge in [-0.05, 0) is 25.1 Å². The Labute approximate surface area is 128 Å². The molecule has 0 amide bonds. The molecule has 0 bridgehead atoms. The first-order valence-electron chi connectivity index (χ1n) is 6.51. The van der Waals surface area contributed by atoms with Crippen LogP contribution in [0.4, 0.5) is 0 Å². The Morgan fingerprint density at radius 1 is 1.20 bits per heavy atom. The van der Waals surface area contributed by atoms with Gasteiger partial charge in [0.05, 0.1) is 14.2 Å². The number of nitrogens with two attached hydrogens (primary N) is 1. The molecule has 0 saturated carbocycles. The van der Waals surface area contributed by atoms with Crippen LogP contribution >= 0.6 is 12.4 Å². The van der Waals surface area contributed by atoms with E-state index in [1.165, 1.54) is 0 Å². The highest BCUT2D eigenvalue weighted by Gasteiger charge is 2.19. The molecule has 0 aliphatic rings. The van der Waals surface area contributed by atoms with Crippen molar-refractivity contribution in [3.8, 4) is 11.5 Å². The molecule has 0 unspecified atom stereocenters. The smallest absolute Gasteiger partial charge is 0.127 e. The molecular weight excluding hydrogens is 276 g/mol. The molecule has 0 aliphatic heterocycles. The zero-order valence-corrected chi connectivity index (χ0v) is 13.9. The average molecular weight is 303 g/mol. The first-order valence-corrected chi connectivity index (χ1v) is 6.51. The van der Waals surface area contributed by atoms with E-state index >= 15 is 0 Å². The van der Waals surface area contributed by atoms with Crippen LogP contribution in [0.1, 0.15) is 19.4 Å². The Morgan fingerprint density at radius 3 is 2.35 bits per heavy atom. The van der Waals surface area contributed by atoms with Crippen LogP contribution in [0.2, 0.25) is 0 Å². The van der Waals surface area contributed by atoms with E-state index in [9.17, 15) is 0 Å². The second-order valence-corrected chi connectivity index (χ2v) is 5.72. The summed E-state index contributed by atoms with van der Waals surface area (Å²) in [6, 6.07) is 5.92. The Morgan fingerprint density at radius 2 is 1.85 bits per heavy atom. The van der Waals surface area contributed by atoms with Crippen molar-refractivity contribution in [1.29, 1.82) is 0 Å². The first-order chi connectivity index (χ1) is 8.91. The van der Waals surface area contributed by atoms with Gasteiger partial charge < -0.3 is 20.1 Å². The summed E-state index contributed by atoms with van der Waals surface area (Å²) in [5.41, 5.74) is 7.05. The van der Waals surface area contributed by atoms with E-state index in [4.69, 9.17) is 15.2 Å². The lowest BCUT2D eigenvalue weighted by Crippen LogP contribution is -2.36. The van der Waals surface area contributed by atoms with E-state index in [1.54, 1.807) is 14.2 Å². The monoisotopic (exact) mass is 302 g/mol. The zero-order valence-electron chi connectivity index (χ0n) is 13.1. The van der Waals surface area contributed by atoms with Crippen LogP contribution in [0.5, 0.6) is 11.5 Å². The molecule has 0 aromatic heterocycles. The second kappa shape index (κ2) is 8.35. The highest BCUT2D eigenvalue weighted by molar-refractivity contribution is 5.85. The maximum Gasteiger partial charge on any atom is 0.127 e. The van der Waals surface area contributed by atoms with Gasteiger partial charge in [0.25, 0.3) is 0 Å². The predicted molar refractivity (Wildman–Crippen MR) is 86.0 cm³/mol. The maximum atomic E-state index is 5.77. The SMILES string of the molecule is COc1ccc(CN(C)CC(C)(C)CN)c(OC)c1.Cl. The quantitative estimate of drug-likeness (QED) is 0.841. The van der Waals surface area contributed by atoms with Crippen molar-refractivity contribution in [2.24, 2.45) is 11.1 Å². The summed E-state index contributed by atoms with van der Waals surface area (Å²) in [4.78, 5) is 2.26. The summed E-state index contributed by atoms with van der Waals surface area (Å²) in [7, 11) is 5.44. The molecule has 0 aliphatic carbocycles. The third-order valence-electron chi connectivity index (χ3n) is 3.19. The molecule has 20 heavy (non-hydrogen) atoms. The zero-order chi connectivity index (χ0) is 14.5. The number of benzene rings is 1. The Bertz CT molecular complexity index is 411. The van der Waals surface area contributed by atoms with Gasteiger partial charge in [-0.2, -0.15) is 0 Å². The fraction of sp³-hybridized carbons (Fsp3) is 0.600. The van der Waals surface area contributed by atoms with Gasteiger partial charge in [-0.15, -0.1) is 12.4 Å². The van der Waals surface area contributed by atoms with Gasteiger partial charge >= 0.3 is 0 Å². The molecule has 116 valence electrons. The van der Waals surface area contributed by atoms with Crippen LogP contribution in [0.25, 0.3) is 0 Å². The molecule has 1 aromatic carbocycles. The maximum absolute atomic E-state index is 5.77. The third kappa shape index (κ3) is 5.57. The van der Waals surface area contributed by atoms with E-state index in [1.807, 2.05) is 18.2 Å². The predicted octanol–water partition coefficient (Wildman–Crippen LogP) is 2.54. The molecule has 1 rings (SSSR count). The summed E-state index contributed by atoms with van der Waals surface area (Å²) in [6.07, 6.45) is 0. The largest absolute Gasteiger partial charge is 0.497 e. The van der Waals surface area contributed by atoms with Crippen molar-refractivity contribution >= 4 is 12.4 Å². The number of hydrogen-bond donors (Lipinski definition) is 1. The lowest BCUT2D eigenvalue weighted by Gasteiger charge is -2.29. The van der Waals surface area contributed by atoms with Crippen LogP contribution in [0, 0.1) is 5.41 Å². The molecule has 0 fully saturated rings. The van der Waals surface area contributed by atoms with Crippen molar-refractivity contribution in [3.05, 3.63) is 23.8 Å². The fourth-order valence-electron chi connectivity index (χ4n) is 2.12. The van der Waals surface area contributed by atoms with Gasteiger partial charge in [-0.25, -0.2) is 0 Å². The number of ether oxygens (including phenoxy) is 2. The molecule has 0 atom stereocenters. The Hall–Kier alpha value is -0.970.